The summed E-state index contributed by atoms with van der Waals surface area (Å²) in [5.41, 5.74) is 2.26. The lowest BCUT2D eigenvalue weighted by Crippen LogP contribution is -2.29. The molecule has 27 heavy (non-hydrogen) atoms. The van der Waals surface area contributed by atoms with Crippen molar-refractivity contribution in [3.05, 3.63) is 94.5 Å². The quantitative estimate of drug-likeness (QED) is 0.689. The molecule has 0 saturated carbocycles. The highest BCUT2D eigenvalue weighted by Crippen LogP contribution is 2.29. The summed E-state index contributed by atoms with van der Waals surface area (Å²) >= 11 is 5.82. The van der Waals surface area contributed by atoms with Crippen molar-refractivity contribution in [2.45, 2.75) is 0 Å². The molecule has 4 rings (SSSR count). The monoisotopic (exact) mass is 376 g/mol. The summed E-state index contributed by atoms with van der Waals surface area (Å²) in [6.07, 6.45) is 0. The maximum Gasteiger partial charge on any atom is 0.266 e. The van der Waals surface area contributed by atoms with Gasteiger partial charge in [0.2, 0.25) is 0 Å². The van der Waals surface area contributed by atoms with Gasteiger partial charge in [-0.1, -0.05) is 23.7 Å². The van der Waals surface area contributed by atoms with E-state index in [2.05, 4.69) is 5.32 Å². The Morgan fingerprint density at radius 1 is 0.778 bits per heavy atom. The molecule has 3 amide bonds. The van der Waals surface area contributed by atoms with Crippen LogP contribution in [-0.2, 0) is 0 Å². The summed E-state index contributed by atoms with van der Waals surface area (Å²) in [6, 6.07) is 19.8. The van der Waals surface area contributed by atoms with Gasteiger partial charge in [-0.15, -0.1) is 0 Å². The summed E-state index contributed by atoms with van der Waals surface area (Å²) < 4.78 is 0. The van der Waals surface area contributed by atoms with Crippen molar-refractivity contribution in [3.8, 4) is 0 Å². The Balaban J connectivity index is 1.53. The second kappa shape index (κ2) is 6.70. The van der Waals surface area contributed by atoms with Gasteiger partial charge in [0.15, 0.2) is 0 Å². The number of carbonyl (C=O) groups excluding carboxylic acids is 3. The van der Waals surface area contributed by atoms with Crippen LogP contribution in [0.15, 0.2) is 72.8 Å². The number of hydrogen-bond donors (Lipinski definition) is 1. The number of rotatable bonds is 3. The third kappa shape index (κ3) is 3.09. The maximum atomic E-state index is 12.5. The summed E-state index contributed by atoms with van der Waals surface area (Å²) in [5.74, 6) is -0.984. The molecule has 0 saturated heterocycles. The minimum atomic E-state index is -0.353. The molecule has 1 aliphatic rings. The van der Waals surface area contributed by atoms with Gasteiger partial charge in [0.25, 0.3) is 17.7 Å². The van der Waals surface area contributed by atoms with E-state index in [1.807, 2.05) is 0 Å². The molecule has 1 N–H and O–H groups in total. The number of hydrogen-bond acceptors (Lipinski definition) is 3. The predicted molar refractivity (Wildman–Crippen MR) is 103 cm³/mol. The van der Waals surface area contributed by atoms with E-state index in [0.717, 1.165) is 4.90 Å². The third-order valence-electron chi connectivity index (χ3n) is 4.28. The van der Waals surface area contributed by atoms with Gasteiger partial charge >= 0.3 is 0 Å². The first-order valence-corrected chi connectivity index (χ1v) is 8.57. The lowest BCUT2D eigenvalue weighted by molar-refractivity contribution is 0.0924. The zero-order valence-corrected chi connectivity index (χ0v) is 14.7. The standard InChI is InChI=1S/C21H13ClN2O3/c22-14-7-5-13(6-8-14)19(25)23-15-9-11-16(12-10-15)24-20(26)17-3-1-2-4-18(17)21(24)27/h1-12H,(H,23,25). The van der Waals surface area contributed by atoms with E-state index in [9.17, 15) is 14.4 Å². The third-order valence-corrected chi connectivity index (χ3v) is 4.54. The molecule has 6 heteroatoms. The van der Waals surface area contributed by atoms with Crippen molar-refractivity contribution in [2.75, 3.05) is 10.2 Å². The number of benzene rings is 3. The first-order chi connectivity index (χ1) is 13.0. The molecule has 0 fully saturated rings. The van der Waals surface area contributed by atoms with Gasteiger partial charge in [-0.05, 0) is 60.7 Å². The molecule has 5 nitrogen and oxygen atoms in total. The number of anilines is 2. The van der Waals surface area contributed by atoms with E-state index >= 15 is 0 Å². The SMILES string of the molecule is O=C(Nc1ccc(N2C(=O)c3ccccc3C2=O)cc1)c1ccc(Cl)cc1. The van der Waals surface area contributed by atoms with Crippen LogP contribution >= 0.6 is 11.6 Å². The van der Waals surface area contributed by atoms with Crippen LogP contribution in [-0.4, -0.2) is 17.7 Å². The first-order valence-electron chi connectivity index (χ1n) is 8.19. The fourth-order valence-corrected chi connectivity index (χ4v) is 3.05. The van der Waals surface area contributed by atoms with Crippen molar-refractivity contribution in [3.63, 3.8) is 0 Å². The number of nitrogens with one attached hydrogen (secondary N) is 1. The average molecular weight is 377 g/mol. The molecule has 0 atom stereocenters. The van der Waals surface area contributed by atoms with Crippen LogP contribution in [0.25, 0.3) is 0 Å². The Morgan fingerprint density at radius 3 is 1.89 bits per heavy atom. The Labute approximate surface area is 160 Å². The summed E-state index contributed by atoms with van der Waals surface area (Å²) in [5, 5.41) is 3.32. The smallest absolute Gasteiger partial charge is 0.266 e. The van der Waals surface area contributed by atoms with Crippen LogP contribution in [0.4, 0.5) is 11.4 Å². The Bertz CT molecular complexity index is 1020. The fourth-order valence-electron chi connectivity index (χ4n) is 2.92. The molecule has 1 aliphatic heterocycles. The number of nitrogens with zero attached hydrogens (tertiary/aromatic N) is 1. The zero-order valence-electron chi connectivity index (χ0n) is 14.0. The number of amides is 3. The van der Waals surface area contributed by atoms with Gasteiger partial charge < -0.3 is 5.32 Å². The molecular formula is C21H13ClN2O3. The van der Waals surface area contributed by atoms with Gasteiger partial charge in [0.1, 0.15) is 0 Å². The lowest BCUT2D eigenvalue weighted by Gasteiger charge is -2.14. The Hall–Kier alpha value is -3.44. The largest absolute Gasteiger partial charge is 0.322 e. The molecule has 0 unspecified atom stereocenters. The van der Waals surface area contributed by atoms with Crippen LogP contribution in [0, 0.1) is 0 Å². The zero-order chi connectivity index (χ0) is 19.0. The van der Waals surface area contributed by atoms with Crippen LogP contribution in [0.2, 0.25) is 5.02 Å². The van der Waals surface area contributed by atoms with Crippen molar-refractivity contribution in [1.82, 2.24) is 0 Å². The summed E-state index contributed by atoms with van der Waals surface area (Å²) in [6.45, 7) is 0. The van der Waals surface area contributed by atoms with E-state index in [4.69, 9.17) is 11.6 Å². The van der Waals surface area contributed by atoms with E-state index in [1.165, 1.54) is 0 Å². The van der Waals surface area contributed by atoms with Crippen molar-refractivity contribution < 1.29 is 14.4 Å². The van der Waals surface area contributed by atoms with E-state index < -0.39 is 0 Å². The summed E-state index contributed by atoms with van der Waals surface area (Å²) in [4.78, 5) is 38.4. The highest BCUT2D eigenvalue weighted by molar-refractivity contribution is 6.34. The van der Waals surface area contributed by atoms with Crippen molar-refractivity contribution in [1.29, 1.82) is 0 Å². The highest BCUT2D eigenvalue weighted by atomic mass is 35.5. The lowest BCUT2D eigenvalue weighted by atomic mass is 10.1. The van der Waals surface area contributed by atoms with Gasteiger partial charge in [0.05, 0.1) is 16.8 Å². The van der Waals surface area contributed by atoms with E-state index in [1.54, 1.807) is 72.8 Å². The van der Waals surface area contributed by atoms with Crippen LogP contribution < -0.4 is 10.2 Å². The molecule has 0 aromatic heterocycles. The Kier molecular flexibility index (Phi) is 4.22. The normalized spacial score (nSPS) is 12.9. The van der Waals surface area contributed by atoms with Crippen LogP contribution in [0.1, 0.15) is 31.1 Å². The van der Waals surface area contributed by atoms with Gasteiger partial charge in [-0.3, -0.25) is 14.4 Å². The fraction of sp³-hybridized carbons (Fsp3) is 0. The number of imide groups is 1. The molecule has 0 bridgehead atoms. The second-order valence-corrected chi connectivity index (χ2v) is 6.44. The second-order valence-electron chi connectivity index (χ2n) is 6.00. The summed E-state index contributed by atoms with van der Waals surface area (Å²) in [7, 11) is 0. The Morgan fingerprint density at radius 2 is 1.33 bits per heavy atom. The highest BCUT2D eigenvalue weighted by Gasteiger charge is 2.36. The van der Waals surface area contributed by atoms with Crippen LogP contribution in [0.5, 0.6) is 0 Å². The molecule has 1 heterocycles. The molecule has 3 aromatic rings. The number of fused-ring (bicyclic) bond motifs is 1. The predicted octanol–water partition coefficient (Wildman–Crippen LogP) is 4.39. The van der Waals surface area contributed by atoms with Gasteiger partial charge in [-0.2, -0.15) is 0 Å². The molecular weight excluding hydrogens is 364 g/mol. The van der Waals surface area contributed by atoms with Crippen LogP contribution in [0.3, 0.4) is 0 Å². The number of halogens is 1. The minimum Gasteiger partial charge on any atom is -0.322 e. The molecule has 0 aliphatic carbocycles. The van der Waals surface area contributed by atoms with E-state index in [-0.39, 0.29) is 17.7 Å². The minimum absolute atomic E-state index is 0.278. The molecule has 0 radical (unpaired) electrons. The topological polar surface area (TPSA) is 66.5 Å². The van der Waals surface area contributed by atoms with Crippen molar-refractivity contribution >= 4 is 40.7 Å². The van der Waals surface area contributed by atoms with Gasteiger partial charge in [-0.25, -0.2) is 4.90 Å². The maximum absolute atomic E-state index is 12.5. The van der Waals surface area contributed by atoms with Crippen molar-refractivity contribution in [2.24, 2.45) is 0 Å². The molecule has 132 valence electrons. The van der Waals surface area contributed by atoms with E-state index in [0.29, 0.717) is 33.1 Å². The average Bonchev–Trinajstić information content (AvgIpc) is 2.94. The molecule has 3 aromatic carbocycles. The molecule has 0 spiro atoms. The van der Waals surface area contributed by atoms with Gasteiger partial charge in [0, 0.05) is 16.3 Å². The first kappa shape index (κ1) is 17.0. The number of carbonyl (C=O) groups is 3.